The predicted molar refractivity (Wildman–Crippen MR) is 68.6 cm³/mol. The van der Waals surface area contributed by atoms with Gasteiger partial charge in [0.05, 0.1) is 0 Å². The molecule has 0 aliphatic rings. The molecule has 3 nitrogen and oxygen atoms in total. The van der Waals surface area contributed by atoms with Crippen LogP contribution in [0.15, 0.2) is 12.4 Å². The summed E-state index contributed by atoms with van der Waals surface area (Å²) in [5.74, 6) is 1.23. The van der Waals surface area contributed by atoms with Crippen LogP contribution in [-0.4, -0.2) is 22.1 Å². The number of aromatic nitrogens is 2. The first-order valence-corrected chi connectivity index (χ1v) is 6.55. The van der Waals surface area contributed by atoms with Gasteiger partial charge in [-0.25, -0.2) is 4.98 Å². The van der Waals surface area contributed by atoms with Gasteiger partial charge in [-0.2, -0.15) is 0 Å². The molecule has 1 aromatic rings. The molecule has 0 amide bonds. The first kappa shape index (κ1) is 13.2. The van der Waals surface area contributed by atoms with Gasteiger partial charge >= 0.3 is 0 Å². The summed E-state index contributed by atoms with van der Waals surface area (Å²) in [6.07, 6.45) is 8.64. The molecule has 0 spiro atoms. The smallest absolute Gasteiger partial charge is 0.108 e. The van der Waals surface area contributed by atoms with Crippen molar-refractivity contribution in [3.8, 4) is 0 Å². The fourth-order valence-corrected chi connectivity index (χ4v) is 2.06. The largest absolute Gasteiger partial charge is 0.335 e. The number of imidazole rings is 1. The Morgan fingerprint density at radius 3 is 2.81 bits per heavy atom. The van der Waals surface area contributed by atoms with Crippen molar-refractivity contribution >= 4 is 0 Å². The minimum atomic E-state index is 0.636. The van der Waals surface area contributed by atoms with Gasteiger partial charge in [0, 0.05) is 31.4 Å². The second kappa shape index (κ2) is 7.44. The first-order chi connectivity index (χ1) is 7.81. The summed E-state index contributed by atoms with van der Waals surface area (Å²) in [5, 5.41) is 3.51. The maximum Gasteiger partial charge on any atom is 0.108 e. The van der Waals surface area contributed by atoms with E-state index in [4.69, 9.17) is 0 Å². The molecule has 1 unspecified atom stereocenters. The van der Waals surface area contributed by atoms with E-state index in [1.54, 1.807) is 0 Å². The van der Waals surface area contributed by atoms with Crippen LogP contribution in [0.1, 0.15) is 45.9 Å². The van der Waals surface area contributed by atoms with Gasteiger partial charge in [0.25, 0.3) is 0 Å². The number of rotatable bonds is 8. The average Bonchev–Trinajstić information content (AvgIpc) is 2.72. The molecule has 0 fully saturated rings. The molecule has 1 heterocycles. The van der Waals surface area contributed by atoms with Crippen molar-refractivity contribution in [3.05, 3.63) is 18.2 Å². The summed E-state index contributed by atoms with van der Waals surface area (Å²) in [5.41, 5.74) is 0. The van der Waals surface area contributed by atoms with Crippen LogP contribution in [0.3, 0.4) is 0 Å². The highest BCUT2D eigenvalue weighted by Gasteiger charge is 2.07. The van der Waals surface area contributed by atoms with E-state index in [-0.39, 0.29) is 0 Å². The zero-order valence-corrected chi connectivity index (χ0v) is 10.9. The lowest BCUT2D eigenvalue weighted by atomic mass is 10.1. The predicted octanol–water partition coefficient (Wildman–Crippen LogP) is 2.61. The van der Waals surface area contributed by atoms with E-state index in [2.05, 4.69) is 41.8 Å². The quantitative estimate of drug-likeness (QED) is 0.734. The minimum Gasteiger partial charge on any atom is -0.335 e. The summed E-state index contributed by atoms with van der Waals surface area (Å²) in [7, 11) is 0. The third kappa shape index (κ3) is 3.97. The fourth-order valence-electron chi connectivity index (χ4n) is 2.06. The van der Waals surface area contributed by atoms with Crippen LogP contribution < -0.4 is 5.32 Å². The SMILES string of the molecule is CCCn1ccnc1CCC(CC)NCC. The summed E-state index contributed by atoms with van der Waals surface area (Å²) in [6.45, 7) is 8.76. The molecule has 1 aromatic heterocycles. The molecule has 0 bridgehead atoms. The monoisotopic (exact) mass is 223 g/mol. The molecule has 0 aromatic carbocycles. The van der Waals surface area contributed by atoms with Crippen LogP contribution in [-0.2, 0) is 13.0 Å². The Hall–Kier alpha value is -0.830. The molecule has 1 atom stereocenters. The Labute approximate surface area is 99.3 Å². The van der Waals surface area contributed by atoms with Crippen molar-refractivity contribution in [2.24, 2.45) is 0 Å². The third-order valence-electron chi connectivity index (χ3n) is 2.97. The maximum atomic E-state index is 4.44. The molecule has 1 N–H and O–H groups in total. The fraction of sp³-hybridized carbons (Fsp3) is 0.769. The molecule has 1 rings (SSSR count). The summed E-state index contributed by atoms with van der Waals surface area (Å²) >= 11 is 0. The van der Waals surface area contributed by atoms with Gasteiger partial charge in [-0.05, 0) is 25.8 Å². The number of aryl methyl sites for hydroxylation is 2. The van der Waals surface area contributed by atoms with Crippen LogP contribution in [0.2, 0.25) is 0 Å². The minimum absolute atomic E-state index is 0.636. The van der Waals surface area contributed by atoms with Crippen molar-refractivity contribution < 1.29 is 0 Å². The van der Waals surface area contributed by atoms with Crippen LogP contribution >= 0.6 is 0 Å². The van der Waals surface area contributed by atoms with E-state index in [0.717, 1.165) is 19.5 Å². The molecule has 16 heavy (non-hydrogen) atoms. The van der Waals surface area contributed by atoms with E-state index in [9.17, 15) is 0 Å². The topological polar surface area (TPSA) is 29.9 Å². The molecule has 0 aliphatic carbocycles. The van der Waals surface area contributed by atoms with Gasteiger partial charge < -0.3 is 9.88 Å². The van der Waals surface area contributed by atoms with Crippen LogP contribution in [0.25, 0.3) is 0 Å². The standard InChI is InChI=1S/C13H25N3/c1-4-10-16-11-9-15-13(16)8-7-12(5-2)14-6-3/h9,11-12,14H,4-8,10H2,1-3H3. The van der Waals surface area contributed by atoms with Crippen molar-refractivity contribution in [1.29, 1.82) is 0 Å². The van der Waals surface area contributed by atoms with Crippen molar-refractivity contribution in [3.63, 3.8) is 0 Å². The average molecular weight is 223 g/mol. The summed E-state index contributed by atoms with van der Waals surface area (Å²) in [4.78, 5) is 4.44. The zero-order valence-electron chi connectivity index (χ0n) is 10.9. The highest BCUT2D eigenvalue weighted by atomic mass is 15.1. The second-order valence-electron chi connectivity index (χ2n) is 4.24. The third-order valence-corrected chi connectivity index (χ3v) is 2.97. The lowest BCUT2D eigenvalue weighted by Gasteiger charge is -2.15. The van der Waals surface area contributed by atoms with Crippen molar-refractivity contribution in [2.75, 3.05) is 6.54 Å². The maximum absolute atomic E-state index is 4.44. The van der Waals surface area contributed by atoms with Crippen molar-refractivity contribution in [1.82, 2.24) is 14.9 Å². The Morgan fingerprint density at radius 1 is 1.38 bits per heavy atom. The van der Waals surface area contributed by atoms with E-state index >= 15 is 0 Å². The molecular formula is C13H25N3. The van der Waals surface area contributed by atoms with E-state index in [0.29, 0.717) is 6.04 Å². The first-order valence-electron chi connectivity index (χ1n) is 6.55. The molecule has 0 saturated heterocycles. The van der Waals surface area contributed by atoms with Crippen molar-refractivity contribution in [2.45, 2.75) is 59.0 Å². The van der Waals surface area contributed by atoms with Gasteiger partial charge in [-0.3, -0.25) is 0 Å². The highest BCUT2D eigenvalue weighted by molar-refractivity contribution is 4.93. The molecule has 0 aliphatic heterocycles. The summed E-state index contributed by atoms with van der Waals surface area (Å²) in [6, 6.07) is 0.636. The molecular weight excluding hydrogens is 198 g/mol. The van der Waals surface area contributed by atoms with E-state index < -0.39 is 0 Å². The van der Waals surface area contributed by atoms with Gasteiger partial charge in [-0.15, -0.1) is 0 Å². The Bertz CT molecular complexity index is 280. The molecule has 3 heteroatoms. The zero-order chi connectivity index (χ0) is 11.8. The van der Waals surface area contributed by atoms with E-state index in [1.807, 2.05) is 6.20 Å². The van der Waals surface area contributed by atoms with E-state index in [1.165, 1.54) is 25.1 Å². The Balaban J connectivity index is 2.43. The molecule has 92 valence electrons. The lowest BCUT2D eigenvalue weighted by Crippen LogP contribution is -2.28. The van der Waals surface area contributed by atoms with Crippen LogP contribution in [0.5, 0.6) is 0 Å². The summed E-state index contributed by atoms with van der Waals surface area (Å²) < 4.78 is 2.28. The normalized spacial score (nSPS) is 12.9. The van der Waals surface area contributed by atoms with Gasteiger partial charge in [0.1, 0.15) is 5.82 Å². The second-order valence-corrected chi connectivity index (χ2v) is 4.24. The Kier molecular flexibility index (Phi) is 6.16. The van der Waals surface area contributed by atoms with Gasteiger partial charge in [0.15, 0.2) is 0 Å². The number of hydrogen-bond donors (Lipinski definition) is 1. The molecule has 0 radical (unpaired) electrons. The Morgan fingerprint density at radius 2 is 2.19 bits per heavy atom. The van der Waals surface area contributed by atoms with Gasteiger partial charge in [0.2, 0.25) is 0 Å². The number of nitrogens with zero attached hydrogens (tertiary/aromatic N) is 2. The van der Waals surface area contributed by atoms with Gasteiger partial charge in [-0.1, -0.05) is 20.8 Å². The highest BCUT2D eigenvalue weighted by Crippen LogP contribution is 2.06. The van der Waals surface area contributed by atoms with Crippen LogP contribution in [0.4, 0.5) is 0 Å². The molecule has 0 saturated carbocycles. The number of nitrogens with one attached hydrogen (secondary N) is 1. The van der Waals surface area contributed by atoms with Crippen LogP contribution in [0, 0.1) is 0 Å². The number of hydrogen-bond acceptors (Lipinski definition) is 2. The lowest BCUT2D eigenvalue weighted by molar-refractivity contribution is 0.470.